The Morgan fingerprint density at radius 3 is 1.00 bits per heavy atom. The Bertz CT molecular complexity index is 460. The van der Waals surface area contributed by atoms with Crippen LogP contribution in [-0.4, -0.2) is 19.4 Å². The molecular formula is C34H66O3. The highest BCUT2D eigenvalue weighted by Crippen LogP contribution is 2.13. The quantitative estimate of drug-likeness (QED) is 0.0534. The average Bonchev–Trinajstić information content (AvgIpc) is 2.90. The molecule has 0 bridgehead atoms. The van der Waals surface area contributed by atoms with Crippen LogP contribution in [0, 0.1) is 0 Å². The lowest BCUT2D eigenvalue weighted by Gasteiger charge is -2.06. The van der Waals surface area contributed by atoms with Crippen LogP contribution in [0.5, 0.6) is 0 Å². The van der Waals surface area contributed by atoms with Crippen LogP contribution in [0.4, 0.5) is 4.79 Å². The highest BCUT2D eigenvalue weighted by atomic mass is 16.7. The van der Waals surface area contributed by atoms with Gasteiger partial charge in [0, 0.05) is 0 Å². The lowest BCUT2D eigenvalue weighted by atomic mass is 10.1. The minimum atomic E-state index is -0.481. The van der Waals surface area contributed by atoms with Crippen LogP contribution in [0.2, 0.25) is 0 Å². The van der Waals surface area contributed by atoms with Crippen molar-refractivity contribution in [1.82, 2.24) is 0 Å². The Balaban J connectivity index is 3.19. The monoisotopic (exact) mass is 523 g/mol. The molecule has 0 aliphatic carbocycles. The standard InChI is InChI=1S/C34H66O3/c1-3-5-7-9-11-13-15-16-17-18-19-20-21-23-25-27-29-31-33-37-34(35)36-32-30-28-26-24-22-14-12-10-8-6-4-2/h18-19H,3-17,20-33H2,1-2H3/b19-18-. The second-order valence-corrected chi connectivity index (χ2v) is 11.1. The van der Waals surface area contributed by atoms with Crippen molar-refractivity contribution >= 4 is 6.16 Å². The van der Waals surface area contributed by atoms with Gasteiger partial charge in [-0.1, -0.05) is 161 Å². The second kappa shape index (κ2) is 33.0. The SMILES string of the molecule is CCCCCCCCCC/C=C\CCCCCCCCOC(=O)OCCCCCCCCCCCCC. The van der Waals surface area contributed by atoms with E-state index in [1.165, 1.54) is 148 Å². The van der Waals surface area contributed by atoms with E-state index >= 15 is 0 Å². The molecule has 220 valence electrons. The normalized spacial score (nSPS) is 11.4. The van der Waals surface area contributed by atoms with E-state index in [0.29, 0.717) is 13.2 Å². The van der Waals surface area contributed by atoms with E-state index in [0.717, 1.165) is 25.7 Å². The molecule has 0 spiro atoms. The third kappa shape index (κ3) is 33.0. The number of hydrogen-bond acceptors (Lipinski definition) is 3. The van der Waals surface area contributed by atoms with E-state index in [1.54, 1.807) is 0 Å². The van der Waals surface area contributed by atoms with Gasteiger partial charge in [-0.05, 0) is 38.5 Å². The zero-order valence-corrected chi connectivity index (χ0v) is 25.4. The summed E-state index contributed by atoms with van der Waals surface area (Å²) < 4.78 is 10.4. The van der Waals surface area contributed by atoms with E-state index in [2.05, 4.69) is 26.0 Å². The van der Waals surface area contributed by atoms with Crippen molar-refractivity contribution in [2.75, 3.05) is 13.2 Å². The van der Waals surface area contributed by atoms with E-state index in [4.69, 9.17) is 9.47 Å². The number of carbonyl (C=O) groups excluding carboxylic acids is 1. The molecule has 0 saturated heterocycles. The number of rotatable bonds is 30. The smallest absolute Gasteiger partial charge is 0.434 e. The van der Waals surface area contributed by atoms with Gasteiger partial charge in [0.05, 0.1) is 13.2 Å². The number of hydrogen-bond donors (Lipinski definition) is 0. The molecule has 37 heavy (non-hydrogen) atoms. The van der Waals surface area contributed by atoms with Gasteiger partial charge < -0.3 is 9.47 Å². The maximum absolute atomic E-state index is 11.7. The Kier molecular flexibility index (Phi) is 32.2. The van der Waals surface area contributed by atoms with E-state index < -0.39 is 6.16 Å². The molecule has 0 radical (unpaired) electrons. The van der Waals surface area contributed by atoms with Gasteiger partial charge in [0.2, 0.25) is 0 Å². The third-order valence-corrected chi connectivity index (χ3v) is 7.34. The van der Waals surface area contributed by atoms with Gasteiger partial charge in [-0.2, -0.15) is 0 Å². The summed E-state index contributed by atoms with van der Waals surface area (Å²) in [5.41, 5.74) is 0. The van der Waals surface area contributed by atoms with Crippen molar-refractivity contribution in [2.24, 2.45) is 0 Å². The Morgan fingerprint density at radius 2 is 0.676 bits per heavy atom. The predicted octanol–water partition coefficient (Wildman–Crippen LogP) is 12.3. The third-order valence-electron chi connectivity index (χ3n) is 7.34. The Labute approximate surface area is 232 Å². The van der Waals surface area contributed by atoms with Crippen LogP contribution in [0.3, 0.4) is 0 Å². The Hall–Kier alpha value is -0.990. The molecule has 0 aliphatic heterocycles. The summed E-state index contributed by atoms with van der Waals surface area (Å²) in [5.74, 6) is 0. The molecular weight excluding hydrogens is 456 g/mol. The van der Waals surface area contributed by atoms with Crippen LogP contribution >= 0.6 is 0 Å². The molecule has 3 nitrogen and oxygen atoms in total. The number of allylic oxidation sites excluding steroid dienone is 2. The summed E-state index contributed by atoms with van der Waals surface area (Å²) in [4.78, 5) is 11.7. The second-order valence-electron chi connectivity index (χ2n) is 11.1. The van der Waals surface area contributed by atoms with Crippen LogP contribution in [0.15, 0.2) is 12.2 Å². The first-order chi connectivity index (χ1) is 18.3. The zero-order valence-electron chi connectivity index (χ0n) is 25.4. The van der Waals surface area contributed by atoms with Gasteiger partial charge in [0.1, 0.15) is 0 Å². The van der Waals surface area contributed by atoms with Crippen LogP contribution in [0.1, 0.15) is 187 Å². The van der Waals surface area contributed by atoms with Crippen molar-refractivity contribution in [3.05, 3.63) is 12.2 Å². The minimum absolute atomic E-state index is 0.481. The lowest BCUT2D eigenvalue weighted by molar-refractivity contribution is 0.0529. The fourth-order valence-electron chi connectivity index (χ4n) is 4.82. The molecule has 0 N–H and O–H groups in total. The lowest BCUT2D eigenvalue weighted by Crippen LogP contribution is -2.09. The van der Waals surface area contributed by atoms with Crippen molar-refractivity contribution in [2.45, 2.75) is 187 Å². The molecule has 0 atom stereocenters. The van der Waals surface area contributed by atoms with Crippen molar-refractivity contribution in [3.63, 3.8) is 0 Å². The molecule has 0 rings (SSSR count). The predicted molar refractivity (Wildman–Crippen MR) is 162 cm³/mol. The van der Waals surface area contributed by atoms with E-state index in [-0.39, 0.29) is 0 Å². The molecule has 0 heterocycles. The van der Waals surface area contributed by atoms with Gasteiger partial charge in [-0.25, -0.2) is 4.79 Å². The van der Waals surface area contributed by atoms with Crippen LogP contribution < -0.4 is 0 Å². The molecule has 0 aromatic rings. The van der Waals surface area contributed by atoms with Crippen molar-refractivity contribution in [1.29, 1.82) is 0 Å². The molecule has 0 aromatic heterocycles. The van der Waals surface area contributed by atoms with Gasteiger partial charge in [-0.15, -0.1) is 0 Å². The summed E-state index contributed by atoms with van der Waals surface area (Å²) in [7, 11) is 0. The largest absolute Gasteiger partial charge is 0.508 e. The molecule has 0 aliphatic rings. The van der Waals surface area contributed by atoms with Gasteiger partial charge >= 0.3 is 6.16 Å². The molecule has 0 amide bonds. The van der Waals surface area contributed by atoms with Gasteiger partial charge in [0.25, 0.3) is 0 Å². The Morgan fingerprint density at radius 1 is 0.405 bits per heavy atom. The highest BCUT2D eigenvalue weighted by Gasteiger charge is 2.03. The topological polar surface area (TPSA) is 35.5 Å². The highest BCUT2D eigenvalue weighted by molar-refractivity contribution is 5.59. The maximum atomic E-state index is 11.7. The molecule has 0 unspecified atom stereocenters. The summed E-state index contributed by atoms with van der Waals surface area (Å²) in [6, 6.07) is 0. The summed E-state index contributed by atoms with van der Waals surface area (Å²) >= 11 is 0. The fraction of sp³-hybridized carbons (Fsp3) is 0.912. The maximum Gasteiger partial charge on any atom is 0.508 e. The number of ether oxygens (including phenoxy) is 2. The zero-order chi connectivity index (χ0) is 26.9. The minimum Gasteiger partial charge on any atom is -0.434 e. The van der Waals surface area contributed by atoms with Gasteiger partial charge in [0.15, 0.2) is 0 Å². The summed E-state index contributed by atoms with van der Waals surface area (Å²) in [6.07, 6.45) is 39.6. The molecule has 0 aromatic carbocycles. The van der Waals surface area contributed by atoms with E-state index in [9.17, 15) is 4.79 Å². The van der Waals surface area contributed by atoms with Crippen molar-refractivity contribution < 1.29 is 14.3 Å². The van der Waals surface area contributed by atoms with Crippen LogP contribution in [0.25, 0.3) is 0 Å². The van der Waals surface area contributed by atoms with Gasteiger partial charge in [-0.3, -0.25) is 0 Å². The first kappa shape index (κ1) is 36.0. The number of carbonyl (C=O) groups is 1. The first-order valence-electron chi connectivity index (χ1n) is 16.8. The molecule has 3 heteroatoms. The number of unbranched alkanes of at least 4 members (excludes halogenated alkanes) is 24. The van der Waals surface area contributed by atoms with Crippen molar-refractivity contribution in [3.8, 4) is 0 Å². The average molecular weight is 523 g/mol. The first-order valence-corrected chi connectivity index (χ1v) is 16.8. The molecule has 0 saturated carbocycles. The summed E-state index contributed by atoms with van der Waals surface area (Å²) in [6.45, 7) is 5.55. The van der Waals surface area contributed by atoms with E-state index in [1.807, 2.05) is 0 Å². The fourth-order valence-corrected chi connectivity index (χ4v) is 4.82. The summed E-state index contributed by atoms with van der Waals surface area (Å²) in [5, 5.41) is 0. The van der Waals surface area contributed by atoms with Crippen LogP contribution in [-0.2, 0) is 9.47 Å². The molecule has 0 fully saturated rings.